The van der Waals surface area contributed by atoms with E-state index in [0.29, 0.717) is 38.3 Å². The van der Waals surface area contributed by atoms with E-state index in [1.54, 1.807) is 0 Å². The Balaban J connectivity index is 2.04. The first-order chi connectivity index (χ1) is 11.7. The first-order valence-electron chi connectivity index (χ1n) is 8.39. The summed E-state index contributed by atoms with van der Waals surface area (Å²) < 4.78 is 20.9. The summed E-state index contributed by atoms with van der Waals surface area (Å²) in [4.78, 5) is 21.8. The molecule has 0 aromatic heterocycles. The smallest absolute Gasteiger partial charge is 0.330 e. The summed E-state index contributed by atoms with van der Waals surface area (Å²) in [6, 6.07) is 0. The normalized spacial score (nSPS) is 20.2. The van der Waals surface area contributed by atoms with Gasteiger partial charge in [-0.2, -0.15) is 0 Å². The van der Waals surface area contributed by atoms with E-state index in [-0.39, 0.29) is 13.2 Å². The number of carbonyl (C=O) groups excluding carboxylic acids is 2. The van der Waals surface area contributed by atoms with Gasteiger partial charge in [-0.05, 0) is 31.1 Å². The van der Waals surface area contributed by atoms with Crippen molar-refractivity contribution in [2.75, 3.05) is 39.6 Å². The fourth-order valence-electron chi connectivity index (χ4n) is 2.73. The van der Waals surface area contributed by atoms with Crippen LogP contribution in [0.3, 0.4) is 0 Å². The molecule has 0 amide bonds. The van der Waals surface area contributed by atoms with Gasteiger partial charge in [-0.1, -0.05) is 19.6 Å². The Morgan fingerprint density at radius 1 is 0.833 bits per heavy atom. The minimum Gasteiger partial charge on any atom is -0.460 e. The van der Waals surface area contributed by atoms with Crippen molar-refractivity contribution in [3.8, 4) is 0 Å². The topological polar surface area (TPSA) is 71.1 Å². The van der Waals surface area contributed by atoms with E-state index in [1.165, 1.54) is 6.42 Å². The molecule has 0 bridgehead atoms. The highest BCUT2D eigenvalue weighted by Gasteiger charge is 2.22. The molecule has 1 fully saturated rings. The van der Waals surface area contributed by atoms with Crippen molar-refractivity contribution in [3.05, 3.63) is 25.3 Å². The molecule has 0 N–H and O–H groups in total. The van der Waals surface area contributed by atoms with Crippen LogP contribution in [-0.4, -0.2) is 51.6 Å². The van der Waals surface area contributed by atoms with Crippen LogP contribution in [0.2, 0.25) is 0 Å². The van der Waals surface area contributed by atoms with Gasteiger partial charge in [0.25, 0.3) is 0 Å². The molecule has 1 aliphatic rings. The third-order valence-electron chi connectivity index (χ3n) is 3.88. The minimum absolute atomic E-state index is 0.257. The molecule has 0 spiro atoms. The molecule has 6 heteroatoms. The van der Waals surface area contributed by atoms with Gasteiger partial charge in [0.2, 0.25) is 0 Å². The van der Waals surface area contributed by atoms with E-state index in [2.05, 4.69) is 13.2 Å². The molecule has 0 aromatic rings. The molecule has 24 heavy (non-hydrogen) atoms. The van der Waals surface area contributed by atoms with Crippen molar-refractivity contribution < 1.29 is 28.5 Å². The molecule has 0 saturated heterocycles. The Kier molecular flexibility index (Phi) is 10.8. The molecule has 1 rings (SSSR count). The van der Waals surface area contributed by atoms with Crippen LogP contribution in [0, 0.1) is 11.8 Å². The zero-order valence-corrected chi connectivity index (χ0v) is 14.2. The van der Waals surface area contributed by atoms with Crippen molar-refractivity contribution in [2.24, 2.45) is 11.8 Å². The van der Waals surface area contributed by atoms with E-state index < -0.39 is 11.9 Å². The molecule has 6 nitrogen and oxygen atoms in total. The van der Waals surface area contributed by atoms with Crippen molar-refractivity contribution in [2.45, 2.75) is 25.7 Å². The quantitative estimate of drug-likeness (QED) is 0.308. The summed E-state index contributed by atoms with van der Waals surface area (Å²) in [7, 11) is 0. The van der Waals surface area contributed by atoms with Gasteiger partial charge in [0.05, 0.1) is 13.2 Å². The van der Waals surface area contributed by atoms with Gasteiger partial charge in [-0.3, -0.25) is 0 Å². The summed E-state index contributed by atoms with van der Waals surface area (Å²) in [5.41, 5.74) is 0. The number of rotatable bonds is 12. The van der Waals surface area contributed by atoms with Crippen LogP contribution in [0.4, 0.5) is 0 Å². The van der Waals surface area contributed by atoms with Crippen molar-refractivity contribution in [3.63, 3.8) is 0 Å². The zero-order chi connectivity index (χ0) is 17.6. The fraction of sp³-hybridized carbons (Fsp3) is 0.667. The van der Waals surface area contributed by atoms with Gasteiger partial charge in [0.15, 0.2) is 0 Å². The van der Waals surface area contributed by atoms with E-state index in [0.717, 1.165) is 31.4 Å². The van der Waals surface area contributed by atoms with Crippen LogP contribution in [0.15, 0.2) is 25.3 Å². The van der Waals surface area contributed by atoms with Gasteiger partial charge in [0.1, 0.15) is 13.2 Å². The third kappa shape index (κ3) is 9.47. The van der Waals surface area contributed by atoms with E-state index in [1.807, 2.05) is 0 Å². The number of ether oxygens (including phenoxy) is 4. The van der Waals surface area contributed by atoms with Crippen LogP contribution in [0.25, 0.3) is 0 Å². The Bertz CT molecular complexity index is 370. The summed E-state index contributed by atoms with van der Waals surface area (Å²) in [6.45, 7) is 9.36. The number of hydrogen-bond donors (Lipinski definition) is 0. The summed E-state index contributed by atoms with van der Waals surface area (Å²) in [5, 5.41) is 0. The standard InChI is InChI=1S/C18H28O6/c1-3-17(19)23-10-8-21-13-15-6-5-7-16(12-15)14-22-9-11-24-18(20)4-2/h3-4,15-16H,1-2,5-14H2. The molecule has 2 unspecified atom stereocenters. The lowest BCUT2D eigenvalue weighted by molar-refractivity contribution is -0.140. The van der Waals surface area contributed by atoms with Gasteiger partial charge in [-0.15, -0.1) is 0 Å². The molecule has 1 aliphatic carbocycles. The summed E-state index contributed by atoms with van der Waals surface area (Å²) in [5.74, 6) is 0.182. The van der Waals surface area contributed by atoms with E-state index >= 15 is 0 Å². The molecule has 0 heterocycles. The maximum Gasteiger partial charge on any atom is 0.330 e. The van der Waals surface area contributed by atoms with Crippen LogP contribution in [0.5, 0.6) is 0 Å². The molecule has 136 valence electrons. The monoisotopic (exact) mass is 340 g/mol. The SMILES string of the molecule is C=CC(=O)OCCOCC1CCCC(COCCOC(=O)C=C)C1. The average molecular weight is 340 g/mol. The Morgan fingerprint density at radius 2 is 1.29 bits per heavy atom. The van der Waals surface area contributed by atoms with Crippen molar-refractivity contribution >= 4 is 11.9 Å². The maximum atomic E-state index is 10.9. The Labute approximate surface area is 143 Å². The predicted octanol–water partition coefficient (Wildman–Crippen LogP) is 2.28. The summed E-state index contributed by atoms with van der Waals surface area (Å²) >= 11 is 0. The Hall–Kier alpha value is -1.66. The molecule has 0 aliphatic heterocycles. The highest BCUT2D eigenvalue weighted by Crippen LogP contribution is 2.29. The largest absolute Gasteiger partial charge is 0.460 e. The lowest BCUT2D eigenvalue weighted by atomic mass is 9.82. The number of esters is 2. The zero-order valence-electron chi connectivity index (χ0n) is 14.2. The summed E-state index contributed by atoms with van der Waals surface area (Å²) in [6.07, 6.45) is 6.83. The van der Waals surface area contributed by atoms with Crippen LogP contribution >= 0.6 is 0 Å². The third-order valence-corrected chi connectivity index (χ3v) is 3.88. The van der Waals surface area contributed by atoms with Crippen LogP contribution in [0.1, 0.15) is 25.7 Å². The lowest BCUT2D eigenvalue weighted by Gasteiger charge is -2.28. The second-order valence-corrected chi connectivity index (χ2v) is 5.79. The molecule has 0 radical (unpaired) electrons. The van der Waals surface area contributed by atoms with Gasteiger partial charge >= 0.3 is 11.9 Å². The second kappa shape index (κ2) is 12.7. The predicted molar refractivity (Wildman–Crippen MR) is 89.4 cm³/mol. The van der Waals surface area contributed by atoms with Crippen molar-refractivity contribution in [1.82, 2.24) is 0 Å². The Morgan fingerprint density at radius 3 is 1.71 bits per heavy atom. The lowest BCUT2D eigenvalue weighted by Crippen LogP contribution is -2.24. The molecule has 0 aromatic carbocycles. The van der Waals surface area contributed by atoms with E-state index in [4.69, 9.17) is 18.9 Å². The molecular weight excluding hydrogens is 312 g/mol. The maximum absolute atomic E-state index is 10.9. The van der Waals surface area contributed by atoms with Crippen LogP contribution < -0.4 is 0 Å². The first-order valence-corrected chi connectivity index (χ1v) is 8.39. The number of carbonyl (C=O) groups is 2. The van der Waals surface area contributed by atoms with E-state index in [9.17, 15) is 9.59 Å². The average Bonchev–Trinajstić information content (AvgIpc) is 2.61. The minimum atomic E-state index is -0.424. The fourth-order valence-corrected chi connectivity index (χ4v) is 2.73. The van der Waals surface area contributed by atoms with Gasteiger partial charge < -0.3 is 18.9 Å². The molecule has 2 atom stereocenters. The first kappa shape index (κ1) is 20.4. The van der Waals surface area contributed by atoms with Crippen LogP contribution in [-0.2, 0) is 28.5 Å². The van der Waals surface area contributed by atoms with Gasteiger partial charge in [-0.25, -0.2) is 9.59 Å². The second-order valence-electron chi connectivity index (χ2n) is 5.79. The molecule has 1 saturated carbocycles. The van der Waals surface area contributed by atoms with Crippen molar-refractivity contribution in [1.29, 1.82) is 0 Å². The molecular formula is C18H28O6. The highest BCUT2D eigenvalue weighted by atomic mass is 16.6. The van der Waals surface area contributed by atoms with Gasteiger partial charge in [0, 0.05) is 25.4 Å². The highest BCUT2D eigenvalue weighted by molar-refractivity contribution is 5.81. The number of hydrogen-bond acceptors (Lipinski definition) is 6.